The minimum atomic E-state index is -0.849. The Morgan fingerprint density at radius 3 is 2.84 bits per heavy atom. The fourth-order valence-corrected chi connectivity index (χ4v) is 1.88. The molecule has 0 saturated heterocycles. The Balaban J connectivity index is 1.90. The minimum absolute atomic E-state index is 0.301. The van der Waals surface area contributed by atoms with Crippen molar-refractivity contribution < 1.29 is 9.50 Å². The number of nitrogens with one attached hydrogen (secondary N) is 1. The number of nitrogens with zero attached hydrogens (tertiary/aromatic N) is 1. The molecule has 4 heteroatoms. The summed E-state index contributed by atoms with van der Waals surface area (Å²) in [5.74, 6) is -0.380. The first-order valence-electron chi connectivity index (χ1n) is 6.21. The van der Waals surface area contributed by atoms with Crippen LogP contribution in [0, 0.1) is 12.7 Å². The van der Waals surface area contributed by atoms with Gasteiger partial charge >= 0.3 is 0 Å². The van der Waals surface area contributed by atoms with Gasteiger partial charge in [-0.25, -0.2) is 4.39 Å². The molecule has 3 nitrogen and oxygen atoms in total. The quantitative estimate of drug-likeness (QED) is 0.867. The summed E-state index contributed by atoms with van der Waals surface area (Å²) in [6.45, 7) is 2.91. The van der Waals surface area contributed by atoms with Crippen molar-refractivity contribution in [2.24, 2.45) is 0 Å². The molecule has 0 radical (unpaired) electrons. The van der Waals surface area contributed by atoms with Crippen molar-refractivity contribution in [3.05, 3.63) is 65.2 Å². The van der Waals surface area contributed by atoms with Crippen LogP contribution in [0.25, 0.3) is 0 Å². The van der Waals surface area contributed by atoms with Crippen molar-refractivity contribution in [1.82, 2.24) is 10.3 Å². The number of aliphatic hydroxyl groups is 1. The zero-order chi connectivity index (χ0) is 13.7. The molecule has 0 aliphatic heterocycles. The SMILES string of the molecule is Cc1ccncc1CNCC(O)c1ccccc1F. The highest BCUT2D eigenvalue weighted by Crippen LogP contribution is 2.15. The van der Waals surface area contributed by atoms with Crippen LogP contribution >= 0.6 is 0 Å². The Morgan fingerprint density at radius 1 is 1.32 bits per heavy atom. The molecule has 1 aromatic heterocycles. The predicted molar refractivity (Wildman–Crippen MR) is 72.0 cm³/mol. The van der Waals surface area contributed by atoms with E-state index in [0.29, 0.717) is 18.7 Å². The molecular weight excluding hydrogens is 243 g/mol. The number of hydrogen-bond donors (Lipinski definition) is 2. The number of pyridine rings is 1. The largest absolute Gasteiger partial charge is 0.387 e. The smallest absolute Gasteiger partial charge is 0.129 e. The molecule has 1 atom stereocenters. The fourth-order valence-electron chi connectivity index (χ4n) is 1.88. The van der Waals surface area contributed by atoms with Gasteiger partial charge in [-0.1, -0.05) is 18.2 Å². The van der Waals surface area contributed by atoms with E-state index in [-0.39, 0.29) is 5.82 Å². The van der Waals surface area contributed by atoms with E-state index < -0.39 is 6.10 Å². The summed E-state index contributed by atoms with van der Waals surface area (Å²) in [6, 6.07) is 8.20. The Labute approximate surface area is 112 Å². The van der Waals surface area contributed by atoms with Gasteiger partial charge in [0, 0.05) is 31.0 Å². The van der Waals surface area contributed by atoms with E-state index in [1.807, 2.05) is 13.0 Å². The standard InChI is InChI=1S/C15H17FN2O/c1-11-6-7-17-8-12(11)9-18-10-15(19)13-4-2-3-5-14(13)16/h2-8,15,18-19H,9-10H2,1H3. The normalized spacial score (nSPS) is 12.4. The molecule has 19 heavy (non-hydrogen) atoms. The van der Waals surface area contributed by atoms with Crippen molar-refractivity contribution in [2.75, 3.05) is 6.54 Å². The highest BCUT2D eigenvalue weighted by Gasteiger charge is 2.11. The first kappa shape index (κ1) is 13.6. The number of rotatable bonds is 5. The number of hydrogen-bond acceptors (Lipinski definition) is 3. The second kappa shape index (κ2) is 6.41. The molecule has 0 aliphatic carbocycles. The number of halogens is 1. The van der Waals surface area contributed by atoms with E-state index in [1.54, 1.807) is 30.6 Å². The van der Waals surface area contributed by atoms with Gasteiger partial charge in [0.1, 0.15) is 5.82 Å². The second-order valence-corrected chi connectivity index (χ2v) is 4.47. The maximum absolute atomic E-state index is 13.5. The first-order chi connectivity index (χ1) is 9.18. The maximum Gasteiger partial charge on any atom is 0.129 e. The monoisotopic (exact) mass is 260 g/mol. The van der Waals surface area contributed by atoms with Gasteiger partial charge in [0.15, 0.2) is 0 Å². The van der Waals surface area contributed by atoms with Crippen LogP contribution in [0.4, 0.5) is 4.39 Å². The van der Waals surface area contributed by atoms with Crippen LogP contribution in [-0.2, 0) is 6.54 Å². The zero-order valence-corrected chi connectivity index (χ0v) is 10.8. The molecule has 0 spiro atoms. The highest BCUT2D eigenvalue weighted by atomic mass is 19.1. The van der Waals surface area contributed by atoms with Crippen LogP contribution in [-0.4, -0.2) is 16.6 Å². The van der Waals surface area contributed by atoms with E-state index in [0.717, 1.165) is 11.1 Å². The molecule has 0 fully saturated rings. The second-order valence-electron chi connectivity index (χ2n) is 4.47. The molecule has 1 unspecified atom stereocenters. The van der Waals surface area contributed by atoms with Crippen LogP contribution < -0.4 is 5.32 Å². The Hall–Kier alpha value is -1.78. The topological polar surface area (TPSA) is 45.2 Å². The van der Waals surface area contributed by atoms with E-state index in [4.69, 9.17) is 0 Å². The summed E-state index contributed by atoms with van der Waals surface area (Å²) in [7, 11) is 0. The third-order valence-corrected chi connectivity index (χ3v) is 3.06. The molecule has 2 aromatic rings. The summed E-state index contributed by atoms with van der Waals surface area (Å²) in [4.78, 5) is 4.05. The summed E-state index contributed by atoms with van der Waals surface area (Å²) >= 11 is 0. The first-order valence-corrected chi connectivity index (χ1v) is 6.21. The molecule has 2 N–H and O–H groups in total. The maximum atomic E-state index is 13.5. The van der Waals surface area contributed by atoms with Crippen LogP contribution in [0.5, 0.6) is 0 Å². The summed E-state index contributed by atoms with van der Waals surface area (Å²) in [5, 5.41) is 13.0. The summed E-state index contributed by atoms with van der Waals surface area (Å²) in [5.41, 5.74) is 2.53. The molecule has 0 saturated carbocycles. The van der Waals surface area contributed by atoms with E-state index in [2.05, 4.69) is 10.3 Å². The Bertz CT molecular complexity index is 545. The van der Waals surface area contributed by atoms with Gasteiger partial charge in [0.25, 0.3) is 0 Å². The third-order valence-electron chi connectivity index (χ3n) is 3.06. The number of aryl methyl sites for hydroxylation is 1. The lowest BCUT2D eigenvalue weighted by molar-refractivity contribution is 0.169. The van der Waals surface area contributed by atoms with E-state index >= 15 is 0 Å². The summed E-state index contributed by atoms with van der Waals surface area (Å²) in [6.07, 6.45) is 2.68. The highest BCUT2D eigenvalue weighted by molar-refractivity contribution is 5.22. The van der Waals surface area contributed by atoms with Gasteiger partial charge in [-0.05, 0) is 30.2 Å². The molecule has 0 bridgehead atoms. The predicted octanol–water partition coefficient (Wildman–Crippen LogP) is 2.35. The van der Waals surface area contributed by atoms with Crippen molar-refractivity contribution in [3.8, 4) is 0 Å². The molecule has 1 heterocycles. The molecule has 2 rings (SSSR count). The van der Waals surface area contributed by atoms with E-state index in [9.17, 15) is 9.50 Å². The average Bonchev–Trinajstić information content (AvgIpc) is 2.41. The van der Waals surface area contributed by atoms with Crippen LogP contribution in [0.15, 0.2) is 42.7 Å². The average molecular weight is 260 g/mol. The van der Waals surface area contributed by atoms with Gasteiger partial charge in [-0.3, -0.25) is 4.98 Å². The fraction of sp³-hybridized carbons (Fsp3) is 0.267. The third kappa shape index (κ3) is 3.59. The molecule has 100 valence electrons. The Kier molecular flexibility index (Phi) is 4.60. The van der Waals surface area contributed by atoms with Gasteiger partial charge < -0.3 is 10.4 Å². The van der Waals surface area contributed by atoms with E-state index in [1.165, 1.54) is 6.07 Å². The minimum Gasteiger partial charge on any atom is -0.387 e. The lowest BCUT2D eigenvalue weighted by Crippen LogP contribution is -2.22. The number of aromatic nitrogens is 1. The van der Waals surface area contributed by atoms with Crippen molar-refractivity contribution in [2.45, 2.75) is 19.6 Å². The zero-order valence-electron chi connectivity index (χ0n) is 10.8. The summed E-state index contributed by atoms with van der Waals surface area (Å²) < 4.78 is 13.5. The van der Waals surface area contributed by atoms with Gasteiger partial charge in [-0.2, -0.15) is 0 Å². The Morgan fingerprint density at radius 2 is 2.11 bits per heavy atom. The molecule has 0 amide bonds. The number of aliphatic hydroxyl groups excluding tert-OH is 1. The van der Waals surface area contributed by atoms with Crippen molar-refractivity contribution in [3.63, 3.8) is 0 Å². The molecular formula is C15H17FN2O. The molecule has 1 aromatic carbocycles. The van der Waals surface area contributed by atoms with Crippen LogP contribution in [0.1, 0.15) is 22.8 Å². The van der Waals surface area contributed by atoms with Crippen LogP contribution in [0.3, 0.4) is 0 Å². The van der Waals surface area contributed by atoms with Crippen molar-refractivity contribution in [1.29, 1.82) is 0 Å². The van der Waals surface area contributed by atoms with Crippen LogP contribution in [0.2, 0.25) is 0 Å². The molecule has 0 aliphatic rings. The van der Waals surface area contributed by atoms with Gasteiger partial charge in [0.2, 0.25) is 0 Å². The van der Waals surface area contributed by atoms with Gasteiger partial charge in [0.05, 0.1) is 6.10 Å². The number of benzene rings is 1. The van der Waals surface area contributed by atoms with Gasteiger partial charge in [-0.15, -0.1) is 0 Å². The van der Waals surface area contributed by atoms with Crippen molar-refractivity contribution >= 4 is 0 Å². The lowest BCUT2D eigenvalue weighted by Gasteiger charge is -2.13. The lowest BCUT2D eigenvalue weighted by atomic mass is 10.1.